The highest BCUT2D eigenvalue weighted by atomic mass is 19.1. The van der Waals surface area contributed by atoms with Gasteiger partial charge in [-0.3, -0.25) is 9.69 Å². The summed E-state index contributed by atoms with van der Waals surface area (Å²) in [5.41, 5.74) is 3.82. The molecule has 1 aliphatic rings. The molecule has 0 bridgehead atoms. The molecule has 0 atom stereocenters. The Labute approximate surface area is 188 Å². The molecular formula is C26H28FN3O2. The molecule has 0 unspecified atom stereocenters. The first-order valence-corrected chi connectivity index (χ1v) is 10.8. The number of piperazine rings is 1. The number of para-hydroxylation sites is 2. The third-order valence-electron chi connectivity index (χ3n) is 5.79. The zero-order valence-electron chi connectivity index (χ0n) is 18.3. The van der Waals surface area contributed by atoms with Gasteiger partial charge in [0.2, 0.25) is 0 Å². The maximum Gasteiger partial charge on any atom is 0.251 e. The van der Waals surface area contributed by atoms with Crippen LogP contribution in [-0.2, 0) is 13.1 Å². The minimum Gasteiger partial charge on any atom is -0.495 e. The van der Waals surface area contributed by atoms with Crippen LogP contribution in [0.4, 0.5) is 10.1 Å². The van der Waals surface area contributed by atoms with E-state index < -0.39 is 0 Å². The average molecular weight is 434 g/mol. The van der Waals surface area contributed by atoms with Crippen LogP contribution in [-0.4, -0.2) is 44.1 Å². The first-order chi connectivity index (χ1) is 15.6. The van der Waals surface area contributed by atoms with E-state index in [-0.39, 0.29) is 11.7 Å². The van der Waals surface area contributed by atoms with Crippen LogP contribution in [0.25, 0.3) is 0 Å². The Morgan fingerprint density at radius 3 is 2.25 bits per heavy atom. The highest BCUT2D eigenvalue weighted by molar-refractivity contribution is 5.94. The van der Waals surface area contributed by atoms with E-state index in [1.165, 1.54) is 17.7 Å². The summed E-state index contributed by atoms with van der Waals surface area (Å²) in [5, 5.41) is 2.88. The third kappa shape index (κ3) is 5.45. The number of carbonyl (C=O) groups is 1. The number of nitrogens with zero attached hydrogens (tertiary/aromatic N) is 2. The van der Waals surface area contributed by atoms with Crippen LogP contribution in [0.3, 0.4) is 0 Å². The van der Waals surface area contributed by atoms with Gasteiger partial charge in [0.15, 0.2) is 0 Å². The molecule has 1 aliphatic heterocycles. The molecule has 1 amide bonds. The molecule has 6 heteroatoms. The Kier molecular flexibility index (Phi) is 7.02. The SMILES string of the molecule is COc1ccccc1N1CCN(Cc2ccc(C(=O)NCc3ccc(F)cc3)cc2)CC1. The highest BCUT2D eigenvalue weighted by Gasteiger charge is 2.19. The molecule has 4 rings (SSSR count). The largest absolute Gasteiger partial charge is 0.495 e. The van der Waals surface area contributed by atoms with Crippen LogP contribution < -0.4 is 15.0 Å². The normalized spacial score (nSPS) is 14.2. The number of hydrogen-bond donors (Lipinski definition) is 1. The summed E-state index contributed by atoms with van der Waals surface area (Å²) in [6.07, 6.45) is 0. The van der Waals surface area contributed by atoms with Crippen molar-refractivity contribution >= 4 is 11.6 Å². The number of halogens is 1. The van der Waals surface area contributed by atoms with Gasteiger partial charge < -0.3 is 15.0 Å². The van der Waals surface area contributed by atoms with Gasteiger partial charge in [-0.15, -0.1) is 0 Å². The quantitative estimate of drug-likeness (QED) is 0.610. The Morgan fingerprint density at radius 1 is 0.906 bits per heavy atom. The number of anilines is 1. The van der Waals surface area contributed by atoms with E-state index in [2.05, 4.69) is 21.2 Å². The molecule has 1 N–H and O–H groups in total. The fourth-order valence-corrected chi connectivity index (χ4v) is 3.94. The van der Waals surface area contributed by atoms with Crippen LogP contribution in [0.5, 0.6) is 5.75 Å². The predicted molar refractivity (Wildman–Crippen MR) is 124 cm³/mol. The molecule has 0 aliphatic carbocycles. The molecule has 1 heterocycles. The number of carbonyl (C=O) groups excluding carboxylic acids is 1. The van der Waals surface area contributed by atoms with E-state index in [1.54, 1.807) is 19.2 Å². The summed E-state index contributed by atoms with van der Waals surface area (Å²) in [6.45, 7) is 5.07. The average Bonchev–Trinajstić information content (AvgIpc) is 2.84. The molecule has 166 valence electrons. The molecule has 0 aromatic heterocycles. The molecule has 3 aromatic carbocycles. The number of nitrogens with one attached hydrogen (secondary N) is 1. The molecule has 0 spiro atoms. The molecule has 0 radical (unpaired) electrons. The van der Waals surface area contributed by atoms with E-state index >= 15 is 0 Å². The van der Waals surface area contributed by atoms with E-state index in [1.807, 2.05) is 42.5 Å². The monoisotopic (exact) mass is 433 g/mol. The molecule has 1 saturated heterocycles. The van der Waals surface area contributed by atoms with Gasteiger partial charge in [0.1, 0.15) is 11.6 Å². The van der Waals surface area contributed by atoms with Crippen LogP contribution in [0.15, 0.2) is 72.8 Å². The molecule has 32 heavy (non-hydrogen) atoms. The van der Waals surface area contributed by atoms with Crippen molar-refractivity contribution < 1.29 is 13.9 Å². The van der Waals surface area contributed by atoms with Gasteiger partial charge in [0.05, 0.1) is 12.8 Å². The topological polar surface area (TPSA) is 44.8 Å². The Bertz CT molecular complexity index is 1030. The van der Waals surface area contributed by atoms with Crippen molar-refractivity contribution in [3.63, 3.8) is 0 Å². The Hall–Kier alpha value is -3.38. The van der Waals surface area contributed by atoms with Crippen LogP contribution in [0, 0.1) is 5.82 Å². The molecule has 0 saturated carbocycles. The van der Waals surface area contributed by atoms with Gasteiger partial charge in [0.25, 0.3) is 5.91 Å². The Morgan fingerprint density at radius 2 is 1.56 bits per heavy atom. The number of ether oxygens (including phenoxy) is 1. The highest BCUT2D eigenvalue weighted by Crippen LogP contribution is 2.28. The molecule has 5 nitrogen and oxygen atoms in total. The van der Waals surface area contributed by atoms with E-state index in [4.69, 9.17) is 4.74 Å². The van der Waals surface area contributed by atoms with Gasteiger partial charge in [0, 0.05) is 44.8 Å². The molecule has 1 fully saturated rings. The summed E-state index contributed by atoms with van der Waals surface area (Å²) in [5.74, 6) is 0.498. The van der Waals surface area contributed by atoms with Crippen molar-refractivity contribution in [1.82, 2.24) is 10.2 Å². The lowest BCUT2D eigenvalue weighted by Gasteiger charge is -2.36. The maximum atomic E-state index is 13.0. The van der Waals surface area contributed by atoms with Crippen molar-refractivity contribution in [2.45, 2.75) is 13.1 Å². The summed E-state index contributed by atoms with van der Waals surface area (Å²) in [6, 6.07) is 22.0. The fraction of sp³-hybridized carbons (Fsp3) is 0.269. The minimum absolute atomic E-state index is 0.133. The smallest absolute Gasteiger partial charge is 0.251 e. The fourth-order valence-electron chi connectivity index (χ4n) is 3.94. The summed E-state index contributed by atoms with van der Waals surface area (Å²) < 4.78 is 18.5. The minimum atomic E-state index is -0.281. The summed E-state index contributed by atoms with van der Waals surface area (Å²) in [7, 11) is 1.71. The number of benzene rings is 3. The Balaban J connectivity index is 1.27. The first kappa shape index (κ1) is 21.8. The van der Waals surface area contributed by atoms with Crippen molar-refractivity contribution in [2.75, 3.05) is 38.2 Å². The lowest BCUT2D eigenvalue weighted by atomic mass is 10.1. The number of amides is 1. The van der Waals surface area contributed by atoms with E-state index in [9.17, 15) is 9.18 Å². The molecule has 3 aromatic rings. The second kappa shape index (κ2) is 10.3. The van der Waals surface area contributed by atoms with Crippen molar-refractivity contribution in [3.8, 4) is 5.75 Å². The lowest BCUT2D eigenvalue weighted by molar-refractivity contribution is 0.0951. The standard InChI is InChI=1S/C26H28FN3O2/c1-32-25-5-3-2-4-24(25)30-16-14-29(15-17-30)19-21-6-10-22(11-7-21)26(31)28-18-20-8-12-23(27)13-9-20/h2-13H,14-19H2,1H3,(H,28,31). The second-order valence-corrected chi connectivity index (χ2v) is 7.94. The number of methoxy groups -OCH3 is 1. The predicted octanol–water partition coefficient (Wildman–Crippen LogP) is 4.09. The molecular weight excluding hydrogens is 405 g/mol. The zero-order valence-corrected chi connectivity index (χ0v) is 18.3. The lowest BCUT2D eigenvalue weighted by Crippen LogP contribution is -2.46. The van der Waals surface area contributed by atoms with E-state index in [0.717, 1.165) is 49.7 Å². The van der Waals surface area contributed by atoms with Gasteiger partial charge >= 0.3 is 0 Å². The van der Waals surface area contributed by atoms with E-state index in [0.29, 0.717) is 12.1 Å². The van der Waals surface area contributed by atoms with Gasteiger partial charge in [-0.2, -0.15) is 0 Å². The number of hydrogen-bond acceptors (Lipinski definition) is 4. The maximum absolute atomic E-state index is 13.0. The van der Waals surface area contributed by atoms with Crippen molar-refractivity contribution in [3.05, 3.63) is 95.3 Å². The van der Waals surface area contributed by atoms with Gasteiger partial charge in [-0.05, 0) is 47.5 Å². The summed E-state index contributed by atoms with van der Waals surface area (Å²) in [4.78, 5) is 17.2. The third-order valence-corrected chi connectivity index (χ3v) is 5.79. The van der Waals surface area contributed by atoms with Gasteiger partial charge in [-0.1, -0.05) is 36.4 Å². The zero-order chi connectivity index (χ0) is 22.3. The van der Waals surface area contributed by atoms with Crippen molar-refractivity contribution in [2.24, 2.45) is 0 Å². The van der Waals surface area contributed by atoms with Crippen LogP contribution in [0.2, 0.25) is 0 Å². The van der Waals surface area contributed by atoms with Gasteiger partial charge in [-0.25, -0.2) is 4.39 Å². The second-order valence-electron chi connectivity index (χ2n) is 7.94. The first-order valence-electron chi connectivity index (χ1n) is 10.8. The van der Waals surface area contributed by atoms with Crippen LogP contribution >= 0.6 is 0 Å². The van der Waals surface area contributed by atoms with Crippen molar-refractivity contribution in [1.29, 1.82) is 0 Å². The summed E-state index contributed by atoms with van der Waals surface area (Å²) >= 11 is 0. The van der Waals surface area contributed by atoms with Crippen LogP contribution in [0.1, 0.15) is 21.5 Å². The number of rotatable bonds is 7.